The van der Waals surface area contributed by atoms with Gasteiger partial charge in [-0.2, -0.15) is 0 Å². The molecule has 0 radical (unpaired) electrons. The summed E-state index contributed by atoms with van der Waals surface area (Å²) in [5.74, 6) is -0.172. The van der Waals surface area contributed by atoms with Gasteiger partial charge in [0.2, 0.25) is 5.91 Å². The van der Waals surface area contributed by atoms with E-state index in [9.17, 15) is 14.4 Å². The van der Waals surface area contributed by atoms with Crippen molar-refractivity contribution in [1.29, 1.82) is 0 Å². The van der Waals surface area contributed by atoms with E-state index < -0.39 is 11.2 Å². The highest BCUT2D eigenvalue weighted by Crippen LogP contribution is 2.07. The van der Waals surface area contributed by atoms with Crippen molar-refractivity contribution in [3.05, 3.63) is 49.2 Å². The van der Waals surface area contributed by atoms with Crippen LogP contribution in [0.1, 0.15) is 17.1 Å². The Kier molecular flexibility index (Phi) is 4.46. The van der Waals surface area contributed by atoms with Gasteiger partial charge < -0.3 is 9.88 Å². The van der Waals surface area contributed by atoms with Crippen LogP contribution < -0.4 is 16.6 Å². The Hall–Kier alpha value is -2.22. The summed E-state index contributed by atoms with van der Waals surface area (Å²) < 4.78 is 1.29. The van der Waals surface area contributed by atoms with Gasteiger partial charge in [-0.25, -0.2) is 9.78 Å². The molecule has 2 aromatic rings. The molecule has 0 unspecified atom stereocenters. The number of aryl methyl sites for hydroxylation is 2. The molecule has 0 atom stereocenters. The molecule has 106 valence electrons. The lowest BCUT2D eigenvalue weighted by atomic mass is 10.3. The van der Waals surface area contributed by atoms with Crippen LogP contribution in [0.3, 0.4) is 0 Å². The van der Waals surface area contributed by atoms with E-state index in [2.05, 4.69) is 15.3 Å². The summed E-state index contributed by atoms with van der Waals surface area (Å²) in [5, 5.41) is 5.58. The van der Waals surface area contributed by atoms with Gasteiger partial charge in [0, 0.05) is 30.6 Å². The molecular weight excluding hydrogens is 280 g/mol. The maximum atomic E-state index is 11.7. The summed E-state index contributed by atoms with van der Waals surface area (Å²) in [5.41, 5.74) is -0.142. The standard InChI is InChI=1S/C12H14N4O3S/c1-8-14-9(7-20-8)6-13-10(17)2-4-16-5-3-11(18)15-12(16)19/h3,5,7H,2,4,6H2,1H3,(H,13,17)(H,15,18,19). The first-order chi connectivity index (χ1) is 9.54. The number of amides is 1. The number of nitrogens with one attached hydrogen (secondary N) is 2. The lowest BCUT2D eigenvalue weighted by Gasteiger charge is -2.05. The van der Waals surface area contributed by atoms with E-state index in [1.165, 1.54) is 28.2 Å². The van der Waals surface area contributed by atoms with Crippen molar-refractivity contribution in [3.8, 4) is 0 Å². The van der Waals surface area contributed by atoms with Crippen LogP contribution in [0.2, 0.25) is 0 Å². The monoisotopic (exact) mass is 294 g/mol. The fourth-order valence-corrected chi connectivity index (χ4v) is 2.22. The minimum atomic E-state index is -0.513. The Morgan fingerprint density at radius 2 is 2.30 bits per heavy atom. The topological polar surface area (TPSA) is 96.8 Å². The van der Waals surface area contributed by atoms with E-state index in [0.29, 0.717) is 6.54 Å². The Morgan fingerprint density at radius 3 is 2.95 bits per heavy atom. The molecule has 0 fully saturated rings. The van der Waals surface area contributed by atoms with Gasteiger partial charge in [-0.3, -0.25) is 14.6 Å². The molecule has 0 aliphatic rings. The maximum Gasteiger partial charge on any atom is 0.328 e. The zero-order valence-corrected chi connectivity index (χ0v) is 11.7. The number of aromatic nitrogens is 3. The highest BCUT2D eigenvalue weighted by atomic mass is 32.1. The molecule has 0 spiro atoms. The minimum absolute atomic E-state index is 0.162. The zero-order valence-electron chi connectivity index (χ0n) is 10.9. The molecule has 1 amide bonds. The molecule has 0 aromatic carbocycles. The zero-order chi connectivity index (χ0) is 14.5. The van der Waals surface area contributed by atoms with Crippen LogP contribution in [-0.4, -0.2) is 20.4 Å². The van der Waals surface area contributed by atoms with Crippen molar-refractivity contribution in [2.24, 2.45) is 0 Å². The quantitative estimate of drug-likeness (QED) is 0.811. The number of aromatic amines is 1. The molecule has 0 aliphatic heterocycles. The Labute approximate surface area is 118 Å². The molecule has 2 aromatic heterocycles. The number of hydrogen-bond donors (Lipinski definition) is 2. The van der Waals surface area contributed by atoms with E-state index in [0.717, 1.165) is 10.7 Å². The fraction of sp³-hybridized carbons (Fsp3) is 0.333. The van der Waals surface area contributed by atoms with Gasteiger partial charge in [0.25, 0.3) is 5.56 Å². The number of carbonyl (C=O) groups is 1. The number of hydrogen-bond acceptors (Lipinski definition) is 5. The molecule has 2 N–H and O–H groups in total. The Morgan fingerprint density at radius 1 is 1.50 bits per heavy atom. The van der Waals surface area contributed by atoms with Crippen LogP contribution in [0, 0.1) is 6.92 Å². The SMILES string of the molecule is Cc1nc(CNC(=O)CCn2ccc(=O)[nH]c2=O)cs1. The van der Waals surface area contributed by atoms with Crippen molar-refractivity contribution in [2.75, 3.05) is 0 Å². The molecule has 2 rings (SSSR count). The van der Waals surface area contributed by atoms with Crippen molar-refractivity contribution in [1.82, 2.24) is 19.9 Å². The third-order valence-corrected chi connectivity index (χ3v) is 3.43. The van der Waals surface area contributed by atoms with Crippen LogP contribution >= 0.6 is 11.3 Å². The van der Waals surface area contributed by atoms with Gasteiger partial charge in [-0.05, 0) is 6.92 Å². The summed E-state index contributed by atoms with van der Waals surface area (Å²) in [6.45, 7) is 2.50. The number of thiazole rings is 1. The third kappa shape index (κ3) is 3.89. The van der Waals surface area contributed by atoms with E-state index in [-0.39, 0.29) is 18.9 Å². The van der Waals surface area contributed by atoms with Gasteiger partial charge in [-0.1, -0.05) is 0 Å². The Bertz CT molecular complexity index is 716. The lowest BCUT2D eigenvalue weighted by molar-refractivity contribution is -0.121. The number of nitrogens with zero attached hydrogens (tertiary/aromatic N) is 2. The molecule has 8 heteroatoms. The van der Waals surface area contributed by atoms with Gasteiger partial charge in [0.1, 0.15) is 0 Å². The molecule has 0 saturated carbocycles. The first-order valence-corrected chi connectivity index (χ1v) is 6.90. The molecular formula is C12H14N4O3S. The molecule has 20 heavy (non-hydrogen) atoms. The third-order valence-electron chi connectivity index (χ3n) is 2.61. The van der Waals surface area contributed by atoms with Crippen LogP contribution in [0.4, 0.5) is 0 Å². The predicted molar refractivity (Wildman–Crippen MR) is 74.6 cm³/mol. The highest BCUT2D eigenvalue weighted by molar-refractivity contribution is 7.09. The first kappa shape index (κ1) is 14.2. The van der Waals surface area contributed by atoms with E-state index in [1.807, 2.05) is 12.3 Å². The van der Waals surface area contributed by atoms with E-state index >= 15 is 0 Å². The van der Waals surface area contributed by atoms with Crippen molar-refractivity contribution in [2.45, 2.75) is 26.4 Å². The second-order valence-corrected chi connectivity index (χ2v) is 5.25. The number of carbonyl (C=O) groups excluding carboxylic acids is 1. The highest BCUT2D eigenvalue weighted by Gasteiger charge is 2.05. The minimum Gasteiger partial charge on any atom is -0.350 e. The molecule has 0 bridgehead atoms. The van der Waals surface area contributed by atoms with E-state index in [1.54, 1.807) is 0 Å². The summed E-state index contributed by atoms with van der Waals surface area (Å²) in [6, 6.07) is 1.25. The van der Waals surface area contributed by atoms with Crippen molar-refractivity contribution >= 4 is 17.2 Å². The summed E-state index contributed by atoms with van der Waals surface area (Å²) in [4.78, 5) is 40.3. The lowest BCUT2D eigenvalue weighted by Crippen LogP contribution is -2.31. The van der Waals surface area contributed by atoms with Crippen molar-refractivity contribution in [3.63, 3.8) is 0 Å². The second kappa shape index (κ2) is 6.29. The van der Waals surface area contributed by atoms with Crippen LogP contribution in [0.5, 0.6) is 0 Å². The number of rotatable bonds is 5. The van der Waals surface area contributed by atoms with Crippen molar-refractivity contribution < 1.29 is 4.79 Å². The maximum absolute atomic E-state index is 11.7. The molecule has 2 heterocycles. The first-order valence-electron chi connectivity index (χ1n) is 6.02. The summed E-state index contributed by atoms with van der Waals surface area (Å²) in [7, 11) is 0. The molecule has 7 nitrogen and oxygen atoms in total. The largest absolute Gasteiger partial charge is 0.350 e. The average Bonchev–Trinajstić information content (AvgIpc) is 2.81. The summed E-state index contributed by atoms with van der Waals surface area (Å²) in [6.07, 6.45) is 1.54. The molecule has 0 saturated heterocycles. The fourth-order valence-electron chi connectivity index (χ4n) is 1.61. The normalized spacial score (nSPS) is 10.4. The van der Waals surface area contributed by atoms with E-state index in [4.69, 9.17) is 0 Å². The van der Waals surface area contributed by atoms with Crippen LogP contribution in [0.25, 0.3) is 0 Å². The average molecular weight is 294 g/mol. The smallest absolute Gasteiger partial charge is 0.328 e. The summed E-state index contributed by atoms with van der Waals surface area (Å²) >= 11 is 1.53. The van der Waals surface area contributed by atoms with Gasteiger partial charge in [0.15, 0.2) is 0 Å². The Balaban J connectivity index is 1.83. The molecule has 0 aliphatic carbocycles. The van der Waals surface area contributed by atoms with Gasteiger partial charge in [-0.15, -0.1) is 11.3 Å². The second-order valence-electron chi connectivity index (χ2n) is 4.19. The van der Waals surface area contributed by atoms with Gasteiger partial charge >= 0.3 is 5.69 Å². The van der Waals surface area contributed by atoms with Crippen LogP contribution in [-0.2, 0) is 17.9 Å². The van der Waals surface area contributed by atoms with Gasteiger partial charge in [0.05, 0.1) is 17.2 Å². The number of H-pyrrole nitrogens is 1. The van der Waals surface area contributed by atoms with Crippen LogP contribution in [0.15, 0.2) is 27.2 Å². The predicted octanol–water partition coefficient (Wildman–Crippen LogP) is 0.00802.